The zero-order valence-corrected chi connectivity index (χ0v) is 11.6. The largest absolute Gasteiger partial charge is 0.366 e. The molecule has 0 spiro atoms. The van der Waals surface area contributed by atoms with Crippen molar-refractivity contribution in [2.24, 2.45) is 0 Å². The molecular weight excluding hydrogens is 284 g/mol. The van der Waals surface area contributed by atoms with Crippen LogP contribution in [0.15, 0.2) is 40.4 Å². The maximum atomic E-state index is 12.3. The number of sulfone groups is 1. The number of anilines is 1. The van der Waals surface area contributed by atoms with Crippen molar-refractivity contribution in [2.45, 2.75) is 16.1 Å². The van der Waals surface area contributed by atoms with E-state index in [2.05, 4.69) is 10.1 Å². The first-order valence-electron chi connectivity index (χ1n) is 5.69. The molecule has 0 bridgehead atoms. The molecule has 0 saturated carbocycles. The Morgan fingerprint density at radius 1 is 1.37 bits per heavy atom. The van der Waals surface area contributed by atoms with Crippen LogP contribution in [0.2, 0.25) is 0 Å². The van der Waals surface area contributed by atoms with Gasteiger partial charge in [-0.2, -0.15) is 4.98 Å². The second-order valence-electron chi connectivity index (χ2n) is 4.26. The highest BCUT2D eigenvalue weighted by Gasteiger charge is 2.30. The number of aromatic nitrogens is 3. The number of benzene rings is 1. The average molecular weight is 296 g/mol. The molecule has 6 nitrogen and oxygen atoms in total. The molecule has 0 fully saturated rings. The number of thioether (sulfide) groups is 1. The molecule has 0 unspecified atom stereocenters. The number of hydrogen-bond donors (Lipinski definition) is 1. The molecule has 8 heteroatoms. The van der Waals surface area contributed by atoms with Gasteiger partial charge in [-0.05, 0) is 12.1 Å². The smallest absolute Gasteiger partial charge is 0.240 e. The predicted molar refractivity (Wildman–Crippen MR) is 72.7 cm³/mol. The SMILES string of the molecule is Nc1nc2n(n1)[C@H](CS(=O)(=O)c1ccccc1)CS2. The van der Waals surface area contributed by atoms with Crippen LogP contribution in [0.4, 0.5) is 5.95 Å². The van der Waals surface area contributed by atoms with Gasteiger partial charge in [0.15, 0.2) is 15.0 Å². The van der Waals surface area contributed by atoms with E-state index in [1.807, 2.05) is 0 Å². The first-order chi connectivity index (χ1) is 9.06. The molecule has 1 aromatic carbocycles. The maximum absolute atomic E-state index is 12.3. The van der Waals surface area contributed by atoms with Gasteiger partial charge < -0.3 is 5.73 Å². The summed E-state index contributed by atoms with van der Waals surface area (Å²) in [6.45, 7) is 0. The van der Waals surface area contributed by atoms with E-state index in [1.165, 1.54) is 11.8 Å². The predicted octanol–water partition coefficient (Wildman–Crippen LogP) is 0.981. The molecule has 2 heterocycles. The lowest BCUT2D eigenvalue weighted by molar-refractivity contribution is 0.505. The minimum absolute atomic E-state index is 0.0137. The van der Waals surface area contributed by atoms with Crippen molar-refractivity contribution in [3.05, 3.63) is 30.3 Å². The molecule has 3 rings (SSSR count). The summed E-state index contributed by atoms with van der Waals surface area (Å²) in [6.07, 6.45) is 0. The third kappa shape index (κ3) is 2.33. The van der Waals surface area contributed by atoms with Gasteiger partial charge in [0.25, 0.3) is 0 Å². The molecule has 1 atom stereocenters. The first kappa shape index (κ1) is 12.5. The molecule has 0 saturated heterocycles. The van der Waals surface area contributed by atoms with Crippen molar-refractivity contribution in [2.75, 3.05) is 17.2 Å². The highest BCUT2D eigenvalue weighted by atomic mass is 32.2. The van der Waals surface area contributed by atoms with Crippen molar-refractivity contribution in [3.63, 3.8) is 0 Å². The van der Waals surface area contributed by atoms with Crippen LogP contribution in [0.3, 0.4) is 0 Å². The third-order valence-corrected chi connectivity index (χ3v) is 5.78. The van der Waals surface area contributed by atoms with E-state index in [-0.39, 0.29) is 17.7 Å². The van der Waals surface area contributed by atoms with Crippen molar-refractivity contribution in [3.8, 4) is 0 Å². The lowest BCUT2D eigenvalue weighted by atomic mass is 10.4. The topological polar surface area (TPSA) is 90.9 Å². The third-order valence-electron chi connectivity index (χ3n) is 2.88. The molecule has 0 aliphatic carbocycles. The number of fused-ring (bicyclic) bond motifs is 1. The molecule has 1 aliphatic heterocycles. The van der Waals surface area contributed by atoms with Crippen molar-refractivity contribution >= 4 is 27.5 Å². The van der Waals surface area contributed by atoms with E-state index in [0.717, 1.165) is 0 Å². The van der Waals surface area contributed by atoms with Crippen LogP contribution in [0.1, 0.15) is 6.04 Å². The number of nitrogens with two attached hydrogens (primary N) is 1. The van der Waals surface area contributed by atoms with Gasteiger partial charge >= 0.3 is 0 Å². The van der Waals surface area contributed by atoms with E-state index in [1.54, 1.807) is 35.0 Å². The molecular formula is C11H12N4O2S2. The van der Waals surface area contributed by atoms with Crippen LogP contribution in [0.5, 0.6) is 0 Å². The second kappa shape index (κ2) is 4.53. The summed E-state index contributed by atoms with van der Waals surface area (Å²) < 4.78 is 26.2. The Hall–Kier alpha value is -1.54. The molecule has 1 aromatic heterocycles. The molecule has 100 valence electrons. The number of hydrogen-bond acceptors (Lipinski definition) is 6. The minimum atomic E-state index is -3.32. The van der Waals surface area contributed by atoms with Crippen LogP contribution >= 0.6 is 11.8 Å². The number of nitrogen functional groups attached to an aromatic ring is 1. The summed E-state index contributed by atoms with van der Waals surface area (Å²) in [7, 11) is -3.32. The van der Waals surface area contributed by atoms with E-state index >= 15 is 0 Å². The molecule has 0 radical (unpaired) electrons. The molecule has 0 amide bonds. The van der Waals surface area contributed by atoms with Crippen molar-refractivity contribution in [1.29, 1.82) is 0 Å². The lowest BCUT2D eigenvalue weighted by Crippen LogP contribution is -2.20. The van der Waals surface area contributed by atoms with Gasteiger partial charge in [0, 0.05) is 5.75 Å². The normalized spacial score (nSPS) is 18.4. The average Bonchev–Trinajstić information content (AvgIpc) is 2.91. The van der Waals surface area contributed by atoms with Crippen LogP contribution < -0.4 is 5.73 Å². The van der Waals surface area contributed by atoms with Crippen LogP contribution in [-0.4, -0.2) is 34.7 Å². The van der Waals surface area contributed by atoms with E-state index in [0.29, 0.717) is 15.8 Å². The summed E-state index contributed by atoms with van der Waals surface area (Å²) in [5, 5.41) is 4.73. The Bertz CT molecular complexity index is 697. The summed E-state index contributed by atoms with van der Waals surface area (Å²) in [5.41, 5.74) is 5.52. The second-order valence-corrected chi connectivity index (χ2v) is 7.28. The zero-order valence-electron chi connectivity index (χ0n) is 9.93. The quantitative estimate of drug-likeness (QED) is 0.908. The van der Waals surface area contributed by atoms with Crippen LogP contribution in [0, 0.1) is 0 Å². The zero-order chi connectivity index (χ0) is 13.5. The lowest BCUT2D eigenvalue weighted by Gasteiger charge is -2.11. The number of rotatable bonds is 3. The summed E-state index contributed by atoms with van der Waals surface area (Å²) in [6, 6.07) is 8.22. The van der Waals surface area contributed by atoms with Crippen LogP contribution in [-0.2, 0) is 9.84 Å². The first-order valence-corrected chi connectivity index (χ1v) is 8.33. The van der Waals surface area contributed by atoms with E-state index in [9.17, 15) is 8.42 Å². The van der Waals surface area contributed by atoms with E-state index in [4.69, 9.17) is 5.73 Å². The Morgan fingerprint density at radius 3 is 2.84 bits per heavy atom. The van der Waals surface area contributed by atoms with Gasteiger partial charge in [-0.1, -0.05) is 30.0 Å². The summed E-state index contributed by atoms with van der Waals surface area (Å²) in [4.78, 5) is 4.38. The standard InChI is InChI=1S/C11H12N4O2S2/c12-10-13-11-15(14-10)8(6-18-11)7-19(16,17)9-4-2-1-3-5-9/h1-5,8H,6-7H2,(H2,12,14)/t8-/m0/s1. The fourth-order valence-corrected chi connectivity index (χ4v) is 4.76. The minimum Gasteiger partial charge on any atom is -0.366 e. The fraction of sp³-hybridized carbons (Fsp3) is 0.273. The van der Waals surface area contributed by atoms with Crippen molar-refractivity contribution < 1.29 is 8.42 Å². The highest BCUT2D eigenvalue weighted by molar-refractivity contribution is 7.99. The van der Waals surface area contributed by atoms with Gasteiger partial charge in [-0.15, -0.1) is 5.10 Å². The van der Waals surface area contributed by atoms with Gasteiger partial charge in [-0.25, -0.2) is 13.1 Å². The summed E-state index contributed by atoms with van der Waals surface area (Å²) in [5.74, 6) is 0.853. The summed E-state index contributed by atoms with van der Waals surface area (Å²) >= 11 is 1.48. The Kier molecular flexibility index (Phi) is 2.98. The molecule has 19 heavy (non-hydrogen) atoms. The molecule has 2 N–H and O–H groups in total. The van der Waals surface area contributed by atoms with E-state index < -0.39 is 9.84 Å². The number of nitrogens with zero attached hydrogens (tertiary/aromatic N) is 3. The molecule has 2 aromatic rings. The monoisotopic (exact) mass is 296 g/mol. The van der Waals surface area contributed by atoms with Gasteiger partial charge in [0.05, 0.1) is 16.7 Å². The Morgan fingerprint density at radius 2 is 2.11 bits per heavy atom. The Labute approximate surface area is 114 Å². The van der Waals surface area contributed by atoms with Gasteiger partial charge in [0.2, 0.25) is 5.95 Å². The maximum Gasteiger partial charge on any atom is 0.240 e. The van der Waals surface area contributed by atoms with Crippen LogP contribution in [0.25, 0.3) is 0 Å². The Balaban J connectivity index is 1.87. The van der Waals surface area contributed by atoms with Gasteiger partial charge in [0.1, 0.15) is 0 Å². The fourth-order valence-electron chi connectivity index (χ4n) is 2.00. The molecule has 1 aliphatic rings. The van der Waals surface area contributed by atoms with Crippen molar-refractivity contribution in [1.82, 2.24) is 14.8 Å². The highest BCUT2D eigenvalue weighted by Crippen LogP contribution is 2.33. The van der Waals surface area contributed by atoms with Gasteiger partial charge in [-0.3, -0.25) is 0 Å².